The van der Waals surface area contributed by atoms with Crippen molar-refractivity contribution in [1.29, 1.82) is 5.26 Å². The molecule has 1 saturated heterocycles. The lowest BCUT2D eigenvalue weighted by molar-refractivity contribution is -0.143. The number of hydrogen-bond acceptors (Lipinski definition) is 4. The Morgan fingerprint density at radius 2 is 2.35 bits per heavy atom. The second-order valence-corrected chi connectivity index (χ2v) is 4.31. The second-order valence-electron chi connectivity index (χ2n) is 4.31. The van der Waals surface area contributed by atoms with Crippen molar-refractivity contribution in [2.75, 3.05) is 18.0 Å². The second kappa shape index (κ2) is 4.42. The Morgan fingerprint density at radius 1 is 1.65 bits per heavy atom. The maximum Gasteiger partial charge on any atom is 0.306 e. The number of rotatable bonds is 3. The van der Waals surface area contributed by atoms with Gasteiger partial charge in [-0.25, -0.2) is 4.98 Å². The molecular formula is C12H13N3O2. The van der Waals surface area contributed by atoms with E-state index in [1.54, 1.807) is 19.2 Å². The molecular weight excluding hydrogens is 218 g/mol. The standard InChI is InChI=1S/C12H13N3O2/c1-8(12(16)17)9-6-15(7-9)11-3-2-10(4-13)14-5-11/h2-3,5,8-9H,6-7H2,1H3,(H,16,17). The predicted octanol–water partition coefficient (Wildman–Crippen LogP) is 1.11. The predicted molar refractivity (Wildman–Crippen MR) is 61.5 cm³/mol. The van der Waals surface area contributed by atoms with E-state index in [4.69, 9.17) is 10.4 Å². The van der Waals surface area contributed by atoms with Crippen LogP contribution >= 0.6 is 0 Å². The molecule has 0 bridgehead atoms. The Kier molecular flexibility index (Phi) is 2.96. The van der Waals surface area contributed by atoms with E-state index in [9.17, 15) is 4.79 Å². The molecule has 1 unspecified atom stereocenters. The molecule has 0 amide bonds. The van der Waals surface area contributed by atoms with Gasteiger partial charge in [0.2, 0.25) is 0 Å². The fourth-order valence-corrected chi connectivity index (χ4v) is 1.88. The lowest BCUT2D eigenvalue weighted by Gasteiger charge is -2.42. The van der Waals surface area contributed by atoms with Crippen LogP contribution in [0.2, 0.25) is 0 Å². The molecule has 1 atom stereocenters. The molecule has 0 radical (unpaired) electrons. The molecule has 0 aromatic carbocycles. The summed E-state index contributed by atoms with van der Waals surface area (Å²) in [5.74, 6) is -0.853. The van der Waals surface area contributed by atoms with Gasteiger partial charge in [0.25, 0.3) is 0 Å². The van der Waals surface area contributed by atoms with E-state index in [1.807, 2.05) is 12.1 Å². The highest BCUT2D eigenvalue weighted by atomic mass is 16.4. The van der Waals surface area contributed by atoms with Crippen LogP contribution in [0.15, 0.2) is 18.3 Å². The van der Waals surface area contributed by atoms with Crippen LogP contribution in [0.3, 0.4) is 0 Å². The summed E-state index contributed by atoms with van der Waals surface area (Å²) >= 11 is 0. The highest BCUT2D eigenvalue weighted by Crippen LogP contribution is 2.28. The van der Waals surface area contributed by atoms with E-state index in [-0.39, 0.29) is 11.8 Å². The summed E-state index contributed by atoms with van der Waals surface area (Å²) in [5.41, 5.74) is 1.34. The Bertz CT molecular complexity index is 458. The van der Waals surface area contributed by atoms with Gasteiger partial charge in [-0.3, -0.25) is 4.79 Å². The first kappa shape index (κ1) is 11.4. The molecule has 1 fully saturated rings. The minimum atomic E-state index is -0.743. The Labute approximate surface area is 99.3 Å². The van der Waals surface area contributed by atoms with Crippen LogP contribution in [0.1, 0.15) is 12.6 Å². The van der Waals surface area contributed by atoms with Gasteiger partial charge in [-0.1, -0.05) is 6.92 Å². The smallest absolute Gasteiger partial charge is 0.306 e. The topological polar surface area (TPSA) is 77.2 Å². The van der Waals surface area contributed by atoms with Gasteiger partial charge in [-0.2, -0.15) is 5.26 Å². The summed E-state index contributed by atoms with van der Waals surface area (Å²) < 4.78 is 0. The molecule has 2 heterocycles. The van der Waals surface area contributed by atoms with Crippen molar-refractivity contribution in [3.63, 3.8) is 0 Å². The number of carbonyl (C=O) groups is 1. The maximum absolute atomic E-state index is 10.8. The van der Waals surface area contributed by atoms with E-state index in [0.717, 1.165) is 18.8 Å². The first-order valence-corrected chi connectivity index (χ1v) is 5.45. The van der Waals surface area contributed by atoms with Crippen molar-refractivity contribution in [1.82, 2.24) is 4.98 Å². The van der Waals surface area contributed by atoms with Crippen LogP contribution in [0.4, 0.5) is 5.69 Å². The fourth-order valence-electron chi connectivity index (χ4n) is 1.88. The highest BCUT2D eigenvalue weighted by molar-refractivity contribution is 5.70. The Balaban J connectivity index is 1.95. The number of carboxylic acids is 1. The zero-order valence-electron chi connectivity index (χ0n) is 9.50. The molecule has 5 nitrogen and oxygen atoms in total. The van der Waals surface area contributed by atoms with Crippen molar-refractivity contribution in [3.05, 3.63) is 24.0 Å². The average molecular weight is 231 g/mol. The molecule has 0 spiro atoms. The van der Waals surface area contributed by atoms with Crippen LogP contribution in [-0.2, 0) is 4.79 Å². The summed E-state index contributed by atoms with van der Waals surface area (Å²) in [7, 11) is 0. The fraction of sp³-hybridized carbons (Fsp3) is 0.417. The lowest BCUT2D eigenvalue weighted by Crippen LogP contribution is -2.51. The molecule has 1 aliphatic rings. The van der Waals surface area contributed by atoms with Crippen LogP contribution in [0.25, 0.3) is 0 Å². The number of nitrogens with zero attached hydrogens (tertiary/aromatic N) is 3. The van der Waals surface area contributed by atoms with Gasteiger partial charge in [-0.05, 0) is 12.1 Å². The van der Waals surface area contributed by atoms with Crippen LogP contribution in [0.5, 0.6) is 0 Å². The zero-order chi connectivity index (χ0) is 12.4. The van der Waals surface area contributed by atoms with Crippen molar-refractivity contribution < 1.29 is 9.90 Å². The number of aromatic nitrogens is 1. The largest absolute Gasteiger partial charge is 0.481 e. The van der Waals surface area contributed by atoms with Gasteiger partial charge in [0.1, 0.15) is 11.8 Å². The molecule has 1 aromatic rings. The lowest BCUT2D eigenvalue weighted by atomic mass is 9.87. The van der Waals surface area contributed by atoms with E-state index in [0.29, 0.717) is 5.69 Å². The van der Waals surface area contributed by atoms with E-state index in [1.165, 1.54) is 0 Å². The molecule has 1 aliphatic heterocycles. The van der Waals surface area contributed by atoms with E-state index in [2.05, 4.69) is 9.88 Å². The van der Waals surface area contributed by atoms with Crippen molar-refractivity contribution in [2.45, 2.75) is 6.92 Å². The van der Waals surface area contributed by atoms with Gasteiger partial charge in [0.15, 0.2) is 0 Å². The molecule has 17 heavy (non-hydrogen) atoms. The summed E-state index contributed by atoms with van der Waals surface area (Å²) in [6.07, 6.45) is 1.65. The van der Waals surface area contributed by atoms with E-state index >= 15 is 0 Å². The number of aliphatic carboxylic acids is 1. The molecule has 1 N–H and O–H groups in total. The minimum absolute atomic E-state index is 0.197. The van der Waals surface area contributed by atoms with Crippen LogP contribution < -0.4 is 4.90 Å². The van der Waals surface area contributed by atoms with Crippen molar-refractivity contribution in [2.24, 2.45) is 11.8 Å². The number of nitriles is 1. The first-order chi connectivity index (χ1) is 8.11. The Hall–Kier alpha value is -2.09. The average Bonchev–Trinajstić information content (AvgIpc) is 2.27. The quantitative estimate of drug-likeness (QED) is 0.843. The monoisotopic (exact) mass is 231 g/mol. The third kappa shape index (κ3) is 2.21. The maximum atomic E-state index is 10.8. The first-order valence-electron chi connectivity index (χ1n) is 5.45. The van der Waals surface area contributed by atoms with Crippen LogP contribution in [0, 0.1) is 23.2 Å². The summed E-state index contributed by atoms with van der Waals surface area (Å²) in [6.45, 7) is 3.21. The third-order valence-corrected chi connectivity index (χ3v) is 3.23. The molecule has 88 valence electrons. The number of hydrogen-bond donors (Lipinski definition) is 1. The van der Waals surface area contributed by atoms with Gasteiger partial charge in [0, 0.05) is 19.0 Å². The normalized spacial score (nSPS) is 17.1. The van der Waals surface area contributed by atoms with Gasteiger partial charge in [-0.15, -0.1) is 0 Å². The molecule has 2 rings (SSSR count). The number of anilines is 1. The van der Waals surface area contributed by atoms with E-state index < -0.39 is 5.97 Å². The van der Waals surface area contributed by atoms with Crippen molar-refractivity contribution >= 4 is 11.7 Å². The van der Waals surface area contributed by atoms with Crippen molar-refractivity contribution in [3.8, 4) is 6.07 Å². The summed E-state index contributed by atoms with van der Waals surface area (Å²) in [4.78, 5) is 16.8. The van der Waals surface area contributed by atoms with Gasteiger partial charge in [0.05, 0.1) is 17.8 Å². The van der Waals surface area contributed by atoms with Gasteiger partial charge < -0.3 is 10.0 Å². The summed E-state index contributed by atoms with van der Waals surface area (Å²) in [6, 6.07) is 5.47. The molecule has 1 aromatic heterocycles. The third-order valence-electron chi connectivity index (χ3n) is 3.23. The highest BCUT2D eigenvalue weighted by Gasteiger charge is 2.34. The number of pyridine rings is 1. The molecule has 0 aliphatic carbocycles. The summed E-state index contributed by atoms with van der Waals surface area (Å²) in [5, 5.41) is 17.5. The molecule has 5 heteroatoms. The Morgan fingerprint density at radius 3 is 2.82 bits per heavy atom. The molecule has 0 saturated carbocycles. The minimum Gasteiger partial charge on any atom is -0.481 e. The number of carboxylic acid groups (broad SMARTS) is 1. The van der Waals surface area contributed by atoms with Gasteiger partial charge >= 0.3 is 5.97 Å². The SMILES string of the molecule is CC(C(=O)O)C1CN(c2ccc(C#N)nc2)C1. The zero-order valence-corrected chi connectivity index (χ0v) is 9.50. The van der Waals surface area contributed by atoms with Crippen LogP contribution in [-0.4, -0.2) is 29.1 Å².